The molecule has 1 aliphatic rings. The van der Waals surface area contributed by atoms with Crippen molar-refractivity contribution >= 4 is 0 Å². The third kappa shape index (κ3) is 3.52. The van der Waals surface area contributed by atoms with Gasteiger partial charge in [-0.3, -0.25) is 0 Å². The lowest BCUT2D eigenvalue weighted by molar-refractivity contribution is -0.975. The van der Waals surface area contributed by atoms with E-state index in [4.69, 9.17) is 5.21 Å². The molecule has 0 amide bonds. The van der Waals surface area contributed by atoms with E-state index in [9.17, 15) is 4.91 Å². The highest BCUT2D eigenvalue weighted by atomic mass is 16.9. The number of hydrogen-bond donors (Lipinski definition) is 2. The van der Waals surface area contributed by atoms with Crippen LogP contribution < -0.4 is 5.32 Å². The van der Waals surface area contributed by atoms with Gasteiger partial charge < -0.3 is 5.32 Å². The highest BCUT2D eigenvalue weighted by Gasteiger charge is 2.14. The van der Waals surface area contributed by atoms with Crippen LogP contribution in [-0.4, -0.2) is 30.0 Å². The molecule has 0 saturated carbocycles. The quantitative estimate of drug-likeness (QED) is 0.610. The van der Waals surface area contributed by atoms with Crippen molar-refractivity contribution in [3.8, 4) is 0 Å². The van der Waals surface area contributed by atoms with Crippen LogP contribution in [0, 0.1) is 10.8 Å². The van der Waals surface area contributed by atoms with E-state index in [1.165, 1.54) is 0 Å². The maximum atomic E-state index is 9.92. The lowest BCUT2D eigenvalue weighted by Crippen LogP contribution is -2.28. The maximum absolute atomic E-state index is 9.92. The molecule has 2 N–H and O–H groups in total. The first-order valence-electron chi connectivity index (χ1n) is 4.29. The third-order valence-electron chi connectivity index (χ3n) is 2.19. The minimum absolute atomic E-state index is 0.310. The van der Waals surface area contributed by atoms with Crippen LogP contribution in [0.15, 0.2) is 0 Å². The predicted octanol–water partition coefficient (Wildman–Crippen LogP) is 0.476. The molecular weight excluding hydrogens is 160 g/mol. The Hall–Kier alpha value is -0.840. The predicted molar refractivity (Wildman–Crippen MR) is 41.6 cm³/mol. The van der Waals surface area contributed by atoms with Crippen LogP contribution >= 0.6 is 0 Å². The normalized spacial score (nSPS) is 19.0. The van der Waals surface area contributed by atoms with Crippen molar-refractivity contribution in [3.05, 3.63) is 4.91 Å². The van der Waals surface area contributed by atoms with Gasteiger partial charge in [-0.15, -0.1) is 0 Å². The summed E-state index contributed by atoms with van der Waals surface area (Å²) in [7, 11) is 0. The van der Waals surface area contributed by atoms with Gasteiger partial charge in [0.05, 0.1) is 0 Å². The summed E-state index contributed by atoms with van der Waals surface area (Å²) in [5.74, 6) is 0.631. The molecule has 0 aromatic rings. The first-order valence-corrected chi connectivity index (χ1v) is 4.29. The second-order valence-electron chi connectivity index (χ2n) is 3.05. The second-order valence-corrected chi connectivity index (χ2v) is 3.05. The Morgan fingerprint density at radius 1 is 1.50 bits per heavy atom. The molecule has 1 aliphatic heterocycles. The molecule has 0 spiro atoms. The summed E-state index contributed by atoms with van der Waals surface area (Å²) in [5, 5.41) is 10.9. The fourth-order valence-electron chi connectivity index (χ4n) is 1.47. The average Bonchev–Trinajstić information content (AvgIpc) is 2.05. The van der Waals surface area contributed by atoms with Crippen LogP contribution in [0.2, 0.25) is 0 Å². The van der Waals surface area contributed by atoms with Gasteiger partial charge >= 0.3 is 5.09 Å². The number of piperidine rings is 1. The minimum Gasteiger partial charge on any atom is -0.317 e. The van der Waals surface area contributed by atoms with Gasteiger partial charge in [-0.1, -0.05) is 0 Å². The van der Waals surface area contributed by atoms with Crippen molar-refractivity contribution in [2.75, 3.05) is 19.7 Å². The lowest BCUT2D eigenvalue weighted by Gasteiger charge is -2.20. The van der Waals surface area contributed by atoms with Gasteiger partial charge in [0.2, 0.25) is 0 Å². The molecule has 70 valence electrons. The molecule has 0 aliphatic carbocycles. The van der Waals surface area contributed by atoms with Crippen LogP contribution in [0.1, 0.15) is 19.3 Å². The Balaban J connectivity index is 2.01. The Morgan fingerprint density at radius 3 is 2.75 bits per heavy atom. The Morgan fingerprint density at radius 2 is 2.17 bits per heavy atom. The molecule has 1 rings (SSSR count). The van der Waals surface area contributed by atoms with Gasteiger partial charge in [0, 0.05) is 0 Å². The number of hydrogen-bond acceptors (Lipinski definition) is 3. The van der Waals surface area contributed by atoms with Gasteiger partial charge in [-0.2, -0.15) is 4.84 Å². The van der Waals surface area contributed by atoms with E-state index >= 15 is 0 Å². The summed E-state index contributed by atoms with van der Waals surface area (Å²) < 4.78 is 0. The zero-order valence-corrected chi connectivity index (χ0v) is 7.03. The van der Waals surface area contributed by atoms with Crippen molar-refractivity contribution in [3.63, 3.8) is 0 Å². The molecule has 5 heteroatoms. The van der Waals surface area contributed by atoms with E-state index in [-0.39, 0.29) is 0 Å². The van der Waals surface area contributed by atoms with Gasteiger partial charge in [0.15, 0.2) is 6.61 Å². The SMILES string of the molecule is O=[N+](O)OCCC1CCNCC1. The summed E-state index contributed by atoms with van der Waals surface area (Å²) in [6.45, 7) is 2.40. The van der Waals surface area contributed by atoms with Gasteiger partial charge in [0.25, 0.3) is 0 Å². The Labute approximate surface area is 71.2 Å². The molecule has 1 saturated heterocycles. The van der Waals surface area contributed by atoms with Crippen LogP contribution in [0.5, 0.6) is 0 Å². The molecule has 0 atom stereocenters. The lowest BCUT2D eigenvalue weighted by atomic mass is 9.95. The van der Waals surface area contributed by atoms with Gasteiger partial charge in [-0.05, 0) is 38.3 Å². The van der Waals surface area contributed by atoms with Crippen molar-refractivity contribution in [1.82, 2.24) is 5.32 Å². The molecule has 1 heterocycles. The minimum atomic E-state index is -0.471. The molecule has 0 radical (unpaired) electrons. The van der Waals surface area contributed by atoms with E-state index in [0.717, 1.165) is 32.4 Å². The molecule has 0 aromatic heterocycles. The summed E-state index contributed by atoms with van der Waals surface area (Å²) in [4.78, 5) is 14.3. The summed E-state index contributed by atoms with van der Waals surface area (Å²) in [6.07, 6.45) is 3.11. The van der Waals surface area contributed by atoms with Gasteiger partial charge in [-0.25, -0.2) is 5.21 Å². The van der Waals surface area contributed by atoms with E-state index < -0.39 is 5.09 Å². The average molecular weight is 175 g/mol. The molecule has 1 fully saturated rings. The number of nitrogens with one attached hydrogen (secondary N) is 1. The number of rotatable bonds is 4. The molecule has 0 unspecified atom stereocenters. The van der Waals surface area contributed by atoms with Crippen molar-refractivity contribution in [2.24, 2.45) is 5.92 Å². The maximum Gasteiger partial charge on any atom is 0.475 e. The first-order chi connectivity index (χ1) is 5.79. The fraction of sp³-hybridized carbons (Fsp3) is 1.00. The van der Waals surface area contributed by atoms with Crippen LogP contribution in [0.25, 0.3) is 0 Å². The third-order valence-corrected chi connectivity index (χ3v) is 2.19. The Kier molecular flexibility index (Phi) is 3.79. The zero-order chi connectivity index (χ0) is 8.81. The molecule has 0 aromatic carbocycles. The fourth-order valence-corrected chi connectivity index (χ4v) is 1.47. The van der Waals surface area contributed by atoms with E-state index in [2.05, 4.69) is 10.2 Å². The van der Waals surface area contributed by atoms with Crippen molar-refractivity contribution < 1.29 is 15.1 Å². The zero-order valence-electron chi connectivity index (χ0n) is 7.03. The smallest absolute Gasteiger partial charge is 0.317 e. The molecule has 12 heavy (non-hydrogen) atoms. The topological polar surface area (TPSA) is 61.6 Å². The highest BCUT2D eigenvalue weighted by molar-refractivity contribution is 4.67. The molecule has 5 nitrogen and oxygen atoms in total. The Bertz CT molecular complexity index is 146. The second kappa shape index (κ2) is 4.92. The highest BCUT2D eigenvalue weighted by Crippen LogP contribution is 2.15. The van der Waals surface area contributed by atoms with Crippen LogP contribution in [-0.2, 0) is 4.84 Å². The van der Waals surface area contributed by atoms with Crippen LogP contribution in [0.4, 0.5) is 0 Å². The summed E-state index contributed by atoms with van der Waals surface area (Å²) in [5.41, 5.74) is 0. The monoisotopic (exact) mass is 175 g/mol. The molecular formula is C7H15N2O3+. The molecule has 0 bridgehead atoms. The van der Waals surface area contributed by atoms with E-state index in [1.54, 1.807) is 0 Å². The van der Waals surface area contributed by atoms with Gasteiger partial charge in [0.1, 0.15) is 4.91 Å². The van der Waals surface area contributed by atoms with Crippen molar-refractivity contribution in [2.45, 2.75) is 19.3 Å². The van der Waals surface area contributed by atoms with Crippen LogP contribution in [0.3, 0.4) is 0 Å². The first kappa shape index (κ1) is 9.25. The standard InChI is InChI=1S/C7H15N2O3/c10-9(11)12-6-3-7-1-4-8-5-2-7/h7-8H,1-6H2,(H,10,11)/q+1. The van der Waals surface area contributed by atoms with E-state index in [1.807, 2.05) is 0 Å². The number of nitrogens with zero attached hydrogens (tertiary/aromatic N) is 1. The van der Waals surface area contributed by atoms with E-state index in [0.29, 0.717) is 12.5 Å². The summed E-state index contributed by atoms with van der Waals surface area (Å²) >= 11 is 0. The largest absolute Gasteiger partial charge is 0.475 e. The van der Waals surface area contributed by atoms with Crippen molar-refractivity contribution in [1.29, 1.82) is 0 Å². The summed E-state index contributed by atoms with van der Waals surface area (Å²) in [6, 6.07) is 0.